The molecule has 0 unspecified atom stereocenters. The van der Waals surface area contributed by atoms with Gasteiger partial charge in [-0.15, -0.1) is 0 Å². The van der Waals surface area contributed by atoms with Crippen molar-refractivity contribution in [3.8, 4) is 0 Å². The van der Waals surface area contributed by atoms with E-state index in [2.05, 4.69) is 33.3 Å². The van der Waals surface area contributed by atoms with Gasteiger partial charge in [-0.2, -0.15) is 0 Å². The molecule has 0 amide bonds. The van der Waals surface area contributed by atoms with Crippen molar-refractivity contribution in [3.05, 3.63) is 24.2 Å². The zero-order valence-corrected chi connectivity index (χ0v) is 12.9. The summed E-state index contributed by atoms with van der Waals surface area (Å²) in [5, 5.41) is 9.30. The summed E-state index contributed by atoms with van der Waals surface area (Å²) in [6, 6.07) is 4.98. The van der Waals surface area contributed by atoms with Gasteiger partial charge < -0.3 is 14.6 Å². The first-order valence-electron chi connectivity index (χ1n) is 7.87. The second kappa shape index (κ2) is 6.12. The third kappa shape index (κ3) is 2.80. The number of piperidine rings is 1. The molecule has 0 aromatic carbocycles. The van der Waals surface area contributed by atoms with Gasteiger partial charge in [-0.25, -0.2) is 9.97 Å². The van der Waals surface area contributed by atoms with Crippen LogP contribution in [-0.2, 0) is 6.42 Å². The Hall–Kier alpha value is -1.46. The van der Waals surface area contributed by atoms with Crippen molar-refractivity contribution in [2.24, 2.45) is 0 Å². The summed E-state index contributed by atoms with van der Waals surface area (Å²) in [4.78, 5) is 11.7. The summed E-state index contributed by atoms with van der Waals surface area (Å²) in [5.41, 5.74) is 1.90. The van der Waals surface area contributed by atoms with E-state index in [1.807, 2.05) is 18.3 Å². The lowest BCUT2D eigenvalue weighted by Gasteiger charge is -2.35. The third-order valence-electron chi connectivity index (χ3n) is 4.45. The maximum atomic E-state index is 9.30. The molecule has 1 N–H and O–H groups in total. The summed E-state index contributed by atoms with van der Waals surface area (Å²) < 4.78 is 2.27. The monoisotopic (exact) mass is 288 g/mol. The number of hydrogen-bond donors (Lipinski definition) is 1. The molecule has 0 atom stereocenters. The van der Waals surface area contributed by atoms with E-state index in [9.17, 15) is 5.11 Å². The summed E-state index contributed by atoms with van der Waals surface area (Å²) >= 11 is 0. The summed E-state index contributed by atoms with van der Waals surface area (Å²) in [7, 11) is 0. The predicted molar refractivity (Wildman–Crippen MR) is 83.3 cm³/mol. The SMILES string of the molecule is CC(C)N1CCC(n2c(CCO)nc3cccnc32)CC1. The Labute approximate surface area is 125 Å². The molecule has 114 valence electrons. The fourth-order valence-corrected chi connectivity index (χ4v) is 3.30. The van der Waals surface area contributed by atoms with Crippen LogP contribution in [0.15, 0.2) is 18.3 Å². The highest BCUT2D eigenvalue weighted by molar-refractivity contribution is 5.71. The number of pyridine rings is 1. The molecular weight excluding hydrogens is 264 g/mol. The maximum Gasteiger partial charge on any atom is 0.160 e. The first-order chi connectivity index (χ1) is 10.2. The number of nitrogens with zero attached hydrogens (tertiary/aromatic N) is 4. The summed E-state index contributed by atoms with van der Waals surface area (Å²) in [5.74, 6) is 0.967. The highest BCUT2D eigenvalue weighted by atomic mass is 16.3. The van der Waals surface area contributed by atoms with Gasteiger partial charge in [0.15, 0.2) is 5.65 Å². The lowest BCUT2D eigenvalue weighted by atomic mass is 10.0. The molecule has 3 rings (SSSR count). The van der Waals surface area contributed by atoms with Gasteiger partial charge in [0.2, 0.25) is 0 Å². The fourth-order valence-electron chi connectivity index (χ4n) is 3.30. The summed E-state index contributed by atoms with van der Waals surface area (Å²) in [6.45, 7) is 6.88. The van der Waals surface area contributed by atoms with Crippen LogP contribution in [0.5, 0.6) is 0 Å². The minimum atomic E-state index is 0.133. The number of imidazole rings is 1. The van der Waals surface area contributed by atoms with Gasteiger partial charge in [0.25, 0.3) is 0 Å². The van der Waals surface area contributed by atoms with E-state index in [4.69, 9.17) is 0 Å². The molecular formula is C16H24N4O. The molecule has 1 fully saturated rings. The second-order valence-corrected chi connectivity index (χ2v) is 6.08. The van der Waals surface area contributed by atoms with E-state index in [-0.39, 0.29) is 6.61 Å². The summed E-state index contributed by atoms with van der Waals surface area (Å²) in [6.07, 6.45) is 4.67. The average Bonchev–Trinajstić information content (AvgIpc) is 2.85. The van der Waals surface area contributed by atoms with Gasteiger partial charge in [0.1, 0.15) is 11.3 Å². The molecule has 5 nitrogen and oxygen atoms in total. The van der Waals surface area contributed by atoms with E-state index < -0.39 is 0 Å². The zero-order valence-electron chi connectivity index (χ0n) is 12.9. The van der Waals surface area contributed by atoms with Crippen molar-refractivity contribution in [1.82, 2.24) is 19.4 Å². The smallest absolute Gasteiger partial charge is 0.160 e. The first kappa shape index (κ1) is 14.5. The fraction of sp³-hybridized carbons (Fsp3) is 0.625. The Balaban J connectivity index is 1.90. The normalized spacial score (nSPS) is 17.9. The molecule has 0 radical (unpaired) electrons. The molecule has 0 aliphatic carbocycles. The first-order valence-corrected chi connectivity index (χ1v) is 7.87. The van der Waals surface area contributed by atoms with E-state index in [0.29, 0.717) is 18.5 Å². The second-order valence-electron chi connectivity index (χ2n) is 6.08. The Morgan fingerprint density at radius 1 is 1.33 bits per heavy atom. The molecule has 0 spiro atoms. The standard InChI is InChI=1S/C16H24N4O/c1-12(2)19-9-5-13(6-10-19)20-15(7-11-21)18-14-4-3-8-17-16(14)20/h3-4,8,12-13,21H,5-7,9-11H2,1-2H3. The number of aliphatic hydroxyl groups excluding tert-OH is 1. The Kier molecular flexibility index (Phi) is 4.22. The van der Waals surface area contributed by atoms with Crippen LogP contribution in [0.1, 0.15) is 38.6 Å². The predicted octanol–water partition coefficient (Wildman–Crippen LogP) is 2.01. The van der Waals surface area contributed by atoms with Crippen LogP contribution in [-0.4, -0.2) is 50.3 Å². The highest BCUT2D eigenvalue weighted by Gasteiger charge is 2.25. The van der Waals surface area contributed by atoms with Crippen molar-refractivity contribution in [1.29, 1.82) is 0 Å². The quantitative estimate of drug-likeness (QED) is 0.935. The number of aromatic nitrogens is 3. The van der Waals surface area contributed by atoms with Crippen LogP contribution in [0.4, 0.5) is 0 Å². The number of likely N-dealkylation sites (tertiary alicyclic amines) is 1. The number of rotatable bonds is 4. The Morgan fingerprint density at radius 3 is 2.76 bits per heavy atom. The van der Waals surface area contributed by atoms with Crippen LogP contribution >= 0.6 is 0 Å². The van der Waals surface area contributed by atoms with Gasteiger partial charge in [-0.1, -0.05) is 0 Å². The molecule has 2 aromatic heterocycles. The lowest BCUT2D eigenvalue weighted by molar-refractivity contribution is 0.151. The zero-order chi connectivity index (χ0) is 14.8. The number of hydrogen-bond acceptors (Lipinski definition) is 4. The Morgan fingerprint density at radius 2 is 2.10 bits per heavy atom. The van der Waals surface area contributed by atoms with Crippen molar-refractivity contribution in [2.75, 3.05) is 19.7 Å². The molecule has 5 heteroatoms. The maximum absolute atomic E-state index is 9.30. The van der Waals surface area contributed by atoms with Gasteiger partial charge in [-0.3, -0.25) is 0 Å². The molecule has 1 saturated heterocycles. The minimum Gasteiger partial charge on any atom is -0.396 e. The third-order valence-corrected chi connectivity index (χ3v) is 4.45. The highest BCUT2D eigenvalue weighted by Crippen LogP contribution is 2.28. The van der Waals surface area contributed by atoms with E-state index in [0.717, 1.165) is 42.9 Å². The Bertz CT molecular complexity index is 599. The topological polar surface area (TPSA) is 54.2 Å². The van der Waals surface area contributed by atoms with Crippen molar-refractivity contribution in [3.63, 3.8) is 0 Å². The number of fused-ring (bicyclic) bond motifs is 1. The van der Waals surface area contributed by atoms with Crippen LogP contribution in [0.25, 0.3) is 11.2 Å². The van der Waals surface area contributed by atoms with Crippen molar-refractivity contribution < 1.29 is 5.11 Å². The molecule has 1 aliphatic heterocycles. The van der Waals surface area contributed by atoms with Crippen LogP contribution < -0.4 is 0 Å². The molecule has 3 heterocycles. The number of aliphatic hydroxyl groups is 1. The minimum absolute atomic E-state index is 0.133. The van der Waals surface area contributed by atoms with Crippen LogP contribution in [0.3, 0.4) is 0 Å². The van der Waals surface area contributed by atoms with Crippen molar-refractivity contribution >= 4 is 11.2 Å². The van der Waals surface area contributed by atoms with Crippen LogP contribution in [0, 0.1) is 0 Å². The molecule has 0 bridgehead atoms. The largest absolute Gasteiger partial charge is 0.396 e. The molecule has 2 aromatic rings. The molecule has 0 saturated carbocycles. The molecule has 1 aliphatic rings. The molecule has 21 heavy (non-hydrogen) atoms. The van der Waals surface area contributed by atoms with Gasteiger partial charge in [-0.05, 0) is 38.8 Å². The van der Waals surface area contributed by atoms with E-state index >= 15 is 0 Å². The van der Waals surface area contributed by atoms with Crippen molar-refractivity contribution in [2.45, 2.75) is 45.2 Å². The van der Waals surface area contributed by atoms with Gasteiger partial charge in [0.05, 0.1) is 6.61 Å². The van der Waals surface area contributed by atoms with Crippen LogP contribution in [0.2, 0.25) is 0 Å². The van der Waals surface area contributed by atoms with E-state index in [1.165, 1.54) is 0 Å². The van der Waals surface area contributed by atoms with E-state index in [1.54, 1.807) is 0 Å². The van der Waals surface area contributed by atoms with Gasteiger partial charge in [0, 0.05) is 37.8 Å². The lowest BCUT2D eigenvalue weighted by Crippen LogP contribution is -2.39. The van der Waals surface area contributed by atoms with Gasteiger partial charge >= 0.3 is 0 Å². The average molecular weight is 288 g/mol.